The summed E-state index contributed by atoms with van der Waals surface area (Å²) in [6, 6.07) is 11.9. The fourth-order valence-corrected chi connectivity index (χ4v) is 3.10. The van der Waals surface area contributed by atoms with Gasteiger partial charge in [-0.2, -0.15) is 11.8 Å². The molecule has 3 aromatic rings. The summed E-state index contributed by atoms with van der Waals surface area (Å²) in [6.07, 6.45) is 5.49. The number of amides is 1. The van der Waals surface area contributed by atoms with Crippen LogP contribution in [0.3, 0.4) is 0 Å². The fraction of sp³-hybridized carbons (Fsp3) is 0.158. The van der Waals surface area contributed by atoms with Gasteiger partial charge in [0.25, 0.3) is 5.91 Å². The second-order valence-corrected chi connectivity index (χ2v) is 6.50. The zero-order valence-electron chi connectivity index (χ0n) is 14.0. The monoisotopic (exact) mass is 355 g/mol. The van der Waals surface area contributed by atoms with Gasteiger partial charge in [-0.25, -0.2) is 9.37 Å². The number of benzene rings is 2. The normalized spacial score (nSPS) is 10.7. The number of aryl methyl sites for hydroxylation is 1. The third kappa shape index (κ3) is 3.91. The van der Waals surface area contributed by atoms with Crippen molar-refractivity contribution in [1.29, 1.82) is 0 Å². The molecule has 0 saturated heterocycles. The summed E-state index contributed by atoms with van der Waals surface area (Å²) in [7, 11) is 1.92. The van der Waals surface area contributed by atoms with Crippen LogP contribution >= 0.6 is 11.8 Å². The van der Waals surface area contributed by atoms with Gasteiger partial charge in [0, 0.05) is 42.0 Å². The highest BCUT2D eigenvalue weighted by molar-refractivity contribution is 7.97. The van der Waals surface area contributed by atoms with Crippen LogP contribution in [0.25, 0.3) is 11.4 Å². The Labute approximate surface area is 150 Å². The molecular weight excluding hydrogens is 337 g/mol. The van der Waals surface area contributed by atoms with E-state index < -0.39 is 0 Å². The Hall–Kier alpha value is -2.60. The van der Waals surface area contributed by atoms with Crippen LogP contribution < -0.4 is 5.32 Å². The summed E-state index contributed by atoms with van der Waals surface area (Å²) in [5, 5.41) is 2.86. The smallest absolute Gasteiger partial charge is 0.255 e. The van der Waals surface area contributed by atoms with E-state index in [0.717, 1.165) is 11.4 Å². The second-order valence-electron chi connectivity index (χ2n) is 5.64. The molecule has 1 aromatic heterocycles. The molecule has 128 valence electrons. The maximum atomic E-state index is 13.7. The van der Waals surface area contributed by atoms with Gasteiger partial charge in [0.2, 0.25) is 0 Å². The number of nitrogens with one attached hydrogen (secondary N) is 1. The fourth-order valence-electron chi connectivity index (χ4n) is 2.57. The first-order valence-corrected chi connectivity index (χ1v) is 9.14. The number of halogens is 1. The number of hydrogen-bond acceptors (Lipinski definition) is 3. The summed E-state index contributed by atoms with van der Waals surface area (Å²) in [5.74, 6) is 0.795. The first-order chi connectivity index (χ1) is 12.1. The lowest BCUT2D eigenvalue weighted by Crippen LogP contribution is -2.12. The molecule has 0 aliphatic heterocycles. The summed E-state index contributed by atoms with van der Waals surface area (Å²) in [4.78, 5) is 16.8. The molecule has 0 radical (unpaired) electrons. The number of anilines is 1. The zero-order valence-corrected chi connectivity index (χ0v) is 14.8. The van der Waals surface area contributed by atoms with Crippen molar-refractivity contribution in [3.05, 3.63) is 71.8 Å². The van der Waals surface area contributed by atoms with Crippen molar-refractivity contribution in [3.63, 3.8) is 0 Å². The highest BCUT2D eigenvalue weighted by atomic mass is 32.2. The van der Waals surface area contributed by atoms with Crippen molar-refractivity contribution in [2.75, 3.05) is 11.6 Å². The number of hydrogen-bond donors (Lipinski definition) is 1. The third-order valence-electron chi connectivity index (χ3n) is 3.81. The van der Waals surface area contributed by atoms with Crippen LogP contribution in [-0.4, -0.2) is 21.7 Å². The maximum Gasteiger partial charge on any atom is 0.255 e. The van der Waals surface area contributed by atoms with Gasteiger partial charge in [0.1, 0.15) is 11.6 Å². The Morgan fingerprint density at radius 3 is 2.84 bits per heavy atom. The van der Waals surface area contributed by atoms with E-state index in [1.54, 1.807) is 12.3 Å². The van der Waals surface area contributed by atoms with Crippen LogP contribution in [0.2, 0.25) is 0 Å². The van der Waals surface area contributed by atoms with E-state index in [9.17, 15) is 9.18 Å². The van der Waals surface area contributed by atoms with Crippen LogP contribution in [0.4, 0.5) is 10.1 Å². The molecule has 2 aromatic carbocycles. The van der Waals surface area contributed by atoms with Crippen molar-refractivity contribution in [3.8, 4) is 11.4 Å². The average molecular weight is 355 g/mol. The summed E-state index contributed by atoms with van der Waals surface area (Å²) < 4.78 is 15.7. The van der Waals surface area contributed by atoms with E-state index >= 15 is 0 Å². The summed E-state index contributed by atoms with van der Waals surface area (Å²) in [5.41, 5.74) is 2.54. The van der Waals surface area contributed by atoms with E-state index in [4.69, 9.17) is 0 Å². The van der Waals surface area contributed by atoms with Crippen molar-refractivity contribution >= 4 is 23.4 Å². The average Bonchev–Trinajstić information content (AvgIpc) is 3.03. The highest BCUT2D eigenvalue weighted by Gasteiger charge is 2.11. The molecule has 0 bridgehead atoms. The van der Waals surface area contributed by atoms with E-state index in [2.05, 4.69) is 10.3 Å². The predicted octanol–water partition coefficient (Wildman–Crippen LogP) is 4.34. The van der Waals surface area contributed by atoms with Crippen LogP contribution in [0.1, 0.15) is 15.9 Å². The quantitative estimate of drug-likeness (QED) is 0.740. The molecule has 0 aliphatic carbocycles. The van der Waals surface area contributed by atoms with E-state index in [0.29, 0.717) is 22.6 Å². The van der Waals surface area contributed by atoms with Gasteiger partial charge < -0.3 is 9.88 Å². The van der Waals surface area contributed by atoms with Crippen LogP contribution in [0.5, 0.6) is 0 Å². The number of nitrogens with zero attached hydrogens (tertiary/aromatic N) is 2. The van der Waals surface area contributed by atoms with E-state index in [1.165, 1.54) is 23.9 Å². The molecule has 6 heteroatoms. The molecule has 0 atom stereocenters. The minimum absolute atomic E-state index is 0.264. The molecule has 1 N–H and O–H groups in total. The Balaban J connectivity index is 1.82. The lowest BCUT2D eigenvalue weighted by molar-refractivity contribution is 0.102. The van der Waals surface area contributed by atoms with Crippen molar-refractivity contribution in [2.45, 2.75) is 5.75 Å². The molecule has 25 heavy (non-hydrogen) atoms. The molecule has 4 nitrogen and oxygen atoms in total. The van der Waals surface area contributed by atoms with Crippen molar-refractivity contribution in [1.82, 2.24) is 9.55 Å². The first kappa shape index (κ1) is 17.2. The van der Waals surface area contributed by atoms with Gasteiger partial charge in [0.05, 0.1) is 0 Å². The zero-order chi connectivity index (χ0) is 17.8. The Kier molecular flexibility index (Phi) is 5.19. The van der Waals surface area contributed by atoms with Gasteiger partial charge in [-0.05, 0) is 42.2 Å². The summed E-state index contributed by atoms with van der Waals surface area (Å²) >= 11 is 1.51. The molecule has 0 saturated carbocycles. The van der Waals surface area contributed by atoms with Gasteiger partial charge >= 0.3 is 0 Å². The molecular formula is C19H18FN3OS. The summed E-state index contributed by atoms with van der Waals surface area (Å²) in [6.45, 7) is 0. The predicted molar refractivity (Wildman–Crippen MR) is 100 cm³/mol. The van der Waals surface area contributed by atoms with Gasteiger partial charge in [-0.1, -0.05) is 12.1 Å². The Morgan fingerprint density at radius 1 is 1.28 bits per heavy atom. The van der Waals surface area contributed by atoms with Gasteiger partial charge in [0.15, 0.2) is 0 Å². The molecule has 3 rings (SSSR count). The standard InChI is InChI=1S/C19H18FN3OS/c1-23-9-8-21-18(23)13-4-3-5-16(11-13)22-19(24)14-6-7-17(20)15(10-14)12-25-2/h3-11H,12H2,1-2H3,(H,22,24). The van der Waals surface area contributed by atoms with E-state index in [1.807, 2.05) is 48.3 Å². The molecule has 0 fully saturated rings. The van der Waals surface area contributed by atoms with Crippen LogP contribution in [0.15, 0.2) is 54.9 Å². The second kappa shape index (κ2) is 7.53. The van der Waals surface area contributed by atoms with Crippen LogP contribution in [-0.2, 0) is 12.8 Å². The van der Waals surface area contributed by atoms with Crippen molar-refractivity contribution in [2.24, 2.45) is 7.05 Å². The molecule has 1 heterocycles. The number of aromatic nitrogens is 2. The largest absolute Gasteiger partial charge is 0.334 e. The topological polar surface area (TPSA) is 46.9 Å². The van der Waals surface area contributed by atoms with E-state index in [-0.39, 0.29) is 11.7 Å². The molecule has 0 unspecified atom stereocenters. The number of rotatable bonds is 5. The maximum absolute atomic E-state index is 13.7. The van der Waals surface area contributed by atoms with Gasteiger partial charge in [-0.15, -0.1) is 0 Å². The lowest BCUT2D eigenvalue weighted by Gasteiger charge is -2.09. The molecule has 1 amide bonds. The Morgan fingerprint density at radius 2 is 2.12 bits per heavy atom. The van der Waals surface area contributed by atoms with Crippen LogP contribution in [0, 0.1) is 5.82 Å². The number of imidazole rings is 1. The first-order valence-electron chi connectivity index (χ1n) is 7.75. The third-order valence-corrected chi connectivity index (χ3v) is 4.41. The SMILES string of the molecule is CSCc1cc(C(=O)Nc2cccc(-c3nccn3C)c2)ccc1F. The Bertz CT molecular complexity index is 907. The lowest BCUT2D eigenvalue weighted by atomic mass is 10.1. The molecule has 0 aliphatic rings. The number of thioether (sulfide) groups is 1. The highest BCUT2D eigenvalue weighted by Crippen LogP contribution is 2.22. The number of carbonyl (C=O) groups excluding carboxylic acids is 1. The van der Waals surface area contributed by atoms with Crippen molar-refractivity contribution < 1.29 is 9.18 Å². The molecule has 0 spiro atoms. The minimum Gasteiger partial charge on any atom is -0.334 e. The number of carbonyl (C=O) groups is 1. The van der Waals surface area contributed by atoms with Gasteiger partial charge in [-0.3, -0.25) is 4.79 Å². The minimum atomic E-state index is -0.289.